The first-order chi connectivity index (χ1) is 15.6. The monoisotopic (exact) mass is 426 g/mol. The van der Waals surface area contributed by atoms with Gasteiger partial charge in [-0.3, -0.25) is 14.9 Å². The fraction of sp³-hybridized carbons (Fsp3) is 0.231. The van der Waals surface area contributed by atoms with E-state index in [1.165, 1.54) is 0 Å². The lowest BCUT2D eigenvalue weighted by molar-refractivity contribution is -0.122. The molecule has 6 nitrogen and oxygen atoms in total. The van der Waals surface area contributed by atoms with Crippen molar-refractivity contribution >= 4 is 44.8 Å². The lowest BCUT2D eigenvalue weighted by Crippen LogP contribution is -2.22. The molecule has 0 spiro atoms. The smallest absolute Gasteiger partial charge is 0.259 e. The molecule has 162 valence electrons. The second-order valence-electron chi connectivity index (χ2n) is 8.16. The van der Waals surface area contributed by atoms with E-state index in [0.717, 1.165) is 59.0 Å². The highest BCUT2D eigenvalue weighted by atomic mass is 16.2. The van der Waals surface area contributed by atoms with Crippen molar-refractivity contribution in [3.05, 3.63) is 72.1 Å². The average molecular weight is 427 g/mol. The van der Waals surface area contributed by atoms with Crippen LogP contribution in [0.1, 0.15) is 24.5 Å². The summed E-state index contributed by atoms with van der Waals surface area (Å²) in [6.07, 6.45) is 4.94. The second-order valence-corrected chi connectivity index (χ2v) is 8.16. The Hall–Kier alpha value is -3.64. The van der Waals surface area contributed by atoms with Crippen molar-refractivity contribution in [1.82, 2.24) is 19.8 Å². The van der Waals surface area contributed by atoms with Crippen molar-refractivity contribution in [2.24, 2.45) is 7.05 Å². The maximum Gasteiger partial charge on any atom is 0.259 e. The molecule has 0 atom stereocenters. The van der Waals surface area contributed by atoms with Crippen molar-refractivity contribution in [1.29, 1.82) is 0 Å². The van der Waals surface area contributed by atoms with Gasteiger partial charge >= 0.3 is 0 Å². The first-order valence-electron chi connectivity index (χ1n) is 11.0. The highest BCUT2D eigenvalue weighted by molar-refractivity contribution is 6.50. The Morgan fingerprint density at radius 3 is 2.12 bits per heavy atom. The van der Waals surface area contributed by atoms with Gasteiger partial charge in [-0.2, -0.15) is 0 Å². The van der Waals surface area contributed by atoms with Gasteiger partial charge in [-0.15, -0.1) is 0 Å². The number of rotatable bonds is 7. The molecule has 0 fully saturated rings. The van der Waals surface area contributed by atoms with E-state index in [4.69, 9.17) is 0 Å². The van der Waals surface area contributed by atoms with Gasteiger partial charge in [0.15, 0.2) is 0 Å². The van der Waals surface area contributed by atoms with E-state index in [9.17, 15) is 9.59 Å². The van der Waals surface area contributed by atoms with Crippen LogP contribution in [-0.4, -0.2) is 34.0 Å². The molecule has 32 heavy (non-hydrogen) atoms. The predicted molar refractivity (Wildman–Crippen MR) is 128 cm³/mol. The molecule has 4 aromatic rings. The summed E-state index contributed by atoms with van der Waals surface area (Å²) in [5, 5.41) is 7.84. The molecular formula is C26H26N4O2. The number of hydrogen-bond donors (Lipinski definition) is 2. The topological polar surface area (TPSA) is 68.1 Å². The van der Waals surface area contributed by atoms with E-state index in [1.807, 2.05) is 66.5 Å². The molecule has 0 bridgehead atoms. The number of nitrogens with zero attached hydrogens (tertiary/aromatic N) is 2. The van der Waals surface area contributed by atoms with Gasteiger partial charge < -0.3 is 14.5 Å². The molecule has 2 amide bonds. The van der Waals surface area contributed by atoms with Gasteiger partial charge in [0.05, 0.1) is 11.1 Å². The van der Waals surface area contributed by atoms with Crippen molar-refractivity contribution in [3.8, 4) is 0 Å². The number of aryl methyl sites for hydroxylation is 2. The molecule has 5 rings (SSSR count). The van der Waals surface area contributed by atoms with E-state index >= 15 is 0 Å². The van der Waals surface area contributed by atoms with Gasteiger partial charge in [0, 0.05) is 58.9 Å². The number of para-hydroxylation sites is 2. The standard InChI is InChI=1S/C26H26N4O2/c1-3-27-13-8-14-30-16-20(18-10-5-7-12-22(18)30)24-23(25(31)28-26(24)32)19-15-29(2)21-11-6-4-9-17(19)21/h4-7,9-12,15-16,27H,3,8,13-14H2,1-2H3,(H,28,31,32). The van der Waals surface area contributed by atoms with E-state index in [-0.39, 0.29) is 11.8 Å². The van der Waals surface area contributed by atoms with Crippen molar-refractivity contribution in [2.45, 2.75) is 19.9 Å². The molecule has 0 saturated heterocycles. The quantitative estimate of drug-likeness (QED) is 0.350. The van der Waals surface area contributed by atoms with Crippen molar-refractivity contribution in [2.75, 3.05) is 13.1 Å². The third-order valence-corrected chi connectivity index (χ3v) is 6.16. The number of nitrogens with one attached hydrogen (secondary N) is 2. The summed E-state index contributed by atoms with van der Waals surface area (Å²) in [6.45, 7) is 4.81. The highest BCUT2D eigenvalue weighted by Gasteiger charge is 2.35. The Labute approximate surface area is 186 Å². The molecular weight excluding hydrogens is 400 g/mol. The number of carbonyl (C=O) groups excluding carboxylic acids is 2. The van der Waals surface area contributed by atoms with E-state index in [0.29, 0.717) is 11.1 Å². The second kappa shape index (κ2) is 8.13. The Balaban J connectivity index is 1.70. The summed E-state index contributed by atoms with van der Waals surface area (Å²) in [6, 6.07) is 16.0. The lowest BCUT2D eigenvalue weighted by atomic mass is 9.95. The van der Waals surface area contributed by atoms with E-state index in [2.05, 4.69) is 28.2 Å². The van der Waals surface area contributed by atoms with Crippen LogP contribution >= 0.6 is 0 Å². The van der Waals surface area contributed by atoms with Crippen molar-refractivity contribution in [3.63, 3.8) is 0 Å². The Morgan fingerprint density at radius 2 is 1.44 bits per heavy atom. The first kappa shape index (κ1) is 20.3. The van der Waals surface area contributed by atoms with Crippen LogP contribution in [0, 0.1) is 0 Å². The average Bonchev–Trinajstić information content (AvgIpc) is 3.42. The molecule has 0 aliphatic carbocycles. The van der Waals surface area contributed by atoms with Gasteiger partial charge in [-0.05, 0) is 31.6 Å². The van der Waals surface area contributed by atoms with Crippen LogP contribution in [-0.2, 0) is 23.2 Å². The zero-order chi connectivity index (χ0) is 22.2. The molecule has 1 aliphatic rings. The zero-order valence-corrected chi connectivity index (χ0v) is 18.3. The highest BCUT2D eigenvalue weighted by Crippen LogP contribution is 2.38. The van der Waals surface area contributed by atoms with Gasteiger partial charge in [-0.1, -0.05) is 43.3 Å². The summed E-state index contributed by atoms with van der Waals surface area (Å²) in [7, 11) is 1.96. The molecule has 1 aliphatic heterocycles. The SMILES string of the molecule is CCNCCCn1cc(C2=C(c3cn(C)c4ccccc34)C(=O)NC2=O)c2ccccc21. The number of hydrogen-bond acceptors (Lipinski definition) is 3. The first-order valence-corrected chi connectivity index (χ1v) is 11.0. The predicted octanol–water partition coefficient (Wildman–Crippen LogP) is 3.70. The Morgan fingerprint density at radius 1 is 0.844 bits per heavy atom. The van der Waals surface area contributed by atoms with Crippen LogP contribution in [0.4, 0.5) is 0 Å². The van der Waals surface area contributed by atoms with Gasteiger partial charge in [0.2, 0.25) is 0 Å². The van der Waals surface area contributed by atoms with E-state index < -0.39 is 0 Å². The van der Waals surface area contributed by atoms with Crippen LogP contribution in [0.25, 0.3) is 33.0 Å². The minimum Gasteiger partial charge on any atom is -0.350 e. The minimum atomic E-state index is -0.342. The fourth-order valence-electron chi connectivity index (χ4n) is 4.69. The molecule has 0 radical (unpaired) electrons. The van der Waals surface area contributed by atoms with Gasteiger partial charge in [-0.25, -0.2) is 0 Å². The lowest BCUT2D eigenvalue weighted by Gasteiger charge is -2.05. The molecule has 0 saturated carbocycles. The minimum absolute atomic E-state index is 0.339. The summed E-state index contributed by atoms with van der Waals surface area (Å²) >= 11 is 0. The third-order valence-electron chi connectivity index (χ3n) is 6.16. The number of aromatic nitrogens is 2. The summed E-state index contributed by atoms with van der Waals surface area (Å²) < 4.78 is 4.18. The largest absolute Gasteiger partial charge is 0.350 e. The van der Waals surface area contributed by atoms with Crippen molar-refractivity contribution < 1.29 is 9.59 Å². The summed E-state index contributed by atoms with van der Waals surface area (Å²) in [5.41, 5.74) is 4.57. The maximum absolute atomic E-state index is 13.0. The fourth-order valence-corrected chi connectivity index (χ4v) is 4.69. The van der Waals surface area contributed by atoms with Crippen LogP contribution in [0.2, 0.25) is 0 Å². The molecule has 3 heterocycles. The molecule has 6 heteroatoms. The number of imide groups is 1. The number of amides is 2. The molecule has 2 N–H and O–H groups in total. The Bertz CT molecular complexity index is 1390. The van der Waals surface area contributed by atoms with Crippen LogP contribution < -0.4 is 10.6 Å². The molecule has 2 aromatic heterocycles. The third kappa shape index (κ3) is 3.24. The maximum atomic E-state index is 13.0. The molecule has 0 unspecified atom stereocenters. The summed E-state index contributed by atoms with van der Waals surface area (Å²) in [5.74, 6) is -0.682. The molecule has 2 aromatic carbocycles. The number of fused-ring (bicyclic) bond motifs is 2. The van der Waals surface area contributed by atoms with Gasteiger partial charge in [0.25, 0.3) is 11.8 Å². The summed E-state index contributed by atoms with van der Waals surface area (Å²) in [4.78, 5) is 26.0. The van der Waals surface area contributed by atoms with Gasteiger partial charge in [0.1, 0.15) is 0 Å². The van der Waals surface area contributed by atoms with Crippen LogP contribution in [0.5, 0.6) is 0 Å². The van der Waals surface area contributed by atoms with Crippen LogP contribution in [0.15, 0.2) is 60.9 Å². The number of carbonyl (C=O) groups is 2. The van der Waals surface area contributed by atoms with E-state index in [1.54, 1.807) is 0 Å². The van der Waals surface area contributed by atoms with Crippen LogP contribution in [0.3, 0.4) is 0 Å². The normalized spacial score (nSPS) is 14.2. The zero-order valence-electron chi connectivity index (χ0n) is 18.3. The Kier molecular flexibility index (Phi) is 5.15. The number of benzene rings is 2.